The van der Waals surface area contributed by atoms with Crippen molar-refractivity contribution in [3.8, 4) is 40.1 Å². The highest BCUT2D eigenvalue weighted by molar-refractivity contribution is 6.00. The van der Waals surface area contributed by atoms with Crippen molar-refractivity contribution >= 4 is 35.1 Å². The van der Waals surface area contributed by atoms with E-state index in [1.165, 1.54) is 18.1 Å². The first-order valence-corrected chi connectivity index (χ1v) is 23.3. The van der Waals surface area contributed by atoms with Crippen LogP contribution in [0.2, 0.25) is 0 Å². The number of aromatic nitrogens is 2. The van der Waals surface area contributed by atoms with Gasteiger partial charge in [-0.2, -0.15) is 5.26 Å². The lowest BCUT2D eigenvalue weighted by Crippen LogP contribution is -2.46. The molecule has 3 amide bonds. The maximum Gasteiger partial charge on any atom is 0.231 e. The molecule has 1 aliphatic heterocycles. The second kappa shape index (κ2) is 24.4. The summed E-state index contributed by atoms with van der Waals surface area (Å²) in [7, 11) is 1.47. The van der Waals surface area contributed by atoms with Crippen LogP contribution in [0.3, 0.4) is 0 Å². The number of nitrogens with two attached hydrogens (primary N) is 3. The van der Waals surface area contributed by atoms with Gasteiger partial charge in [0.05, 0.1) is 29.9 Å². The molecule has 1 aliphatic rings. The summed E-state index contributed by atoms with van der Waals surface area (Å²) in [5.41, 5.74) is 21.7. The molecule has 0 unspecified atom stereocenters. The number of Topliss-reactive ketones (excluding diaryl/α,β-unsaturated/α-hetero) is 3. The zero-order chi connectivity index (χ0) is 50.4. The second-order valence-electron chi connectivity index (χ2n) is 18.4. The fraction of sp³-hybridized carbons (Fsp3) is 0.442. The number of hydrogen-bond acceptors (Lipinski definition) is 14. The molecule has 0 aliphatic carbocycles. The summed E-state index contributed by atoms with van der Waals surface area (Å²) in [4.78, 5) is 93.6. The first kappa shape index (κ1) is 53.1. The molecule has 1 aromatic heterocycles. The Morgan fingerprint density at radius 2 is 1.61 bits per heavy atom. The number of aryl methyl sites for hydroxylation is 1. The van der Waals surface area contributed by atoms with Crippen molar-refractivity contribution in [1.82, 2.24) is 25.5 Å². The lowest BCUT2D eigenvalue weighted by molar-refractivity contribution is -0.142. The molecule has 3 aromatic carbocycles. The van der Waals surface area contributed by atoms with Gasteiger partial charge in [0.1, 0.15) is 30.8 Å². The summed E-state index contributed by atoms with van der Waals surface area (Å²) in [5.74, 6) is -3.72. The van der Waals surface area contributed by atoms with Gasteiger partial charge in [0.25, 0.3) is 0 Å². The van der Waals surface area contributed by atoms with Crippen LogP contribution in [0.1, 0.15) is 98.6 Å². The van der Waals surface area contributed by atoms with E-state index in [0.717, 1.165) is 11.1 Å². The highest BCUT2D eigenvalue weighted by Gasteiger charge is 2.36. The number of ketones is 3. The third-order valence-corrected chi connectivity index (χ3v) is 12.1. The van der Waals surface area contributed by atoms with Gasteiger partial charge in [0.15, 0.2) is 23.2 Å². The van der Waals surface area contributed by atoms with E-state index in [1.54, 1.807) is 50.2 Å². The first-order chi connectivity index (χ1) is 32.9. The average molecular weight is 944 g/mol. The van der Waals surface area contributed by atoms with Gasteiger partial charge in [0, 0.05) is 80.5 Å². The summed E-state index contributed by atoms with van der Waals surface area (Å²) in [5, 5.41) is 15.0. The average Bonchev–Trinajstić information content (AvgIpc) is 3.31. The number of benzene rings is 3. The molecule has 0 radical (unpaired) electrons. The van der Waals surface area contributed by atoms with E-state index in [-0.39, 0.29) is 94.7 Å². The lowest BCUT2D eigenvalue weighted by atomic mass is 9.86. The summed E-state index contributed by atoms with van der Waals surface area (Å²) < 4.78 is 12.3. The van der Waals surface area contributed by atoms with E-state index >= 15 is 4.79 Å². The maximum atomic E-state index is 15.0. The summed E-state index contributed by atoms with van der Waals surface area (Å²) in [6.07, 6.45) is 0.836. The molecule has 17 nitrogen and oxygen atoms in total. The Hall–Kier alpha value is -6.87. The van der Waals surface area contributed by atoms with Crippen LogP contribution < -0.4 is 37.3 Å². The Kier molecular flexibility index (Phi) is 18.8. The summed E-state index contributed by atoms with van der Waals surface area (Å²) >= 11 is 0. The van der Waals surface area contributed by atoms with E-state index < -0.39 is 53.2 Å². The third kappa shape index (κ3) is 14.1. The number of amides is 3. The standard InChI is InChI=1S/C52H65N9O8/c1-31-24-44(64)48(35-12-16-46(69-23-20-55)39(27-35)38-25-33(9-15-45(38)68-22-19-54)26-41(60-50(31)66)42(62)8-7-18-53)61(6)51(67)36(17-21-57-30-47(56)65)28-43(63)40-29-58-49(59-32(40)2)34-10-13-37(14-11-34)52(3,4)5/h9-16,25,27,29,31,36,41,48,57H,7-8,17,19-24,26,28,30,54-55H2,1-6H3,(H2,56,65)(H,60,66)/t31-,36-,41+,48+/m1/s1. The van der Waals surface area contributed by atoms with Crippen molar-refractivity contribution in [2.45, 2.75) is 90.6 Å². The minimum absolute atomic E-state index is 0.0482. The van der Waals surface area contributed by atoms with Crippen molar-refractivity contribution in [2.75, 3.05) is 46.4 Å². The topological polar surface area (TPSA) is 276 Å². The van der Waals surface area contributed by atoms with Crippen molar-refractivity contribution in [3.63, 3.8) is 0 Å². The van der Waals surface area contributed by atoms with E-state index in [9.17, 15) is 29.2 Å². The summed E-state index contributed by atoms with van der Waals surface area (Å²) in [6.45, 7) is 10.3. The van der Waals surface area contributed by atoms with Crippen LogP contribution in [0.25, 0.3) is 22.5 Å². The van der Waals surface area contributed by atoms with Crippen LogP contribution in [0.5, 0.6) is 11.5 Å². The maximum absolute atomic E-state index is 15.0. The number of ether oxygens (including phenoxy) is 2. The van der Waals surface area contributed by atoms with E-state index in [0.29, 0.717) is 45.3 Å². The van der Waals surface area contributed by atoms with Crippen LogP contribution in [-0.2, 0) is 35.8 Å². The van der Waals surface area contributed by atoms with Gasteiger partial charge in [-0.15, -0.1) is 0 Å². The number of fused-ring (bicyclic) bond motifs is 5. The monoisotopic (exact) mass is 943 g/mol. The van der Waals surface area contributed by atoms with Gasteiger partial charge in [-0.05, 0) is 72.7 Å². The number of hydrogen-bond donors (Lipinski definition) is 5. The molecule has 4 atom stereocenters. The molecular formula is C52H65N9O8. The van der Waals surface area contributed by atoms with Crippen molar-refractivity contribution in [3.05, 3.63) is 94.8 Å². The molecular weight excluding hydrogens is 879 g/mol. The SMILES string of the molecule is Cc1nc(-c2ccc(C(C)(C)C)cc2)ncc1C(=O)C[C@@H](CCNCC(N)=O)C(=O)N(C)[C@@H]1C(=O)C[C@@H](C)C(=O)N[C@H](C(=O)CCC#N)Cc2ccc(OCCN)c(c2)-c2cc1ccc2OCCN. The van der Waals surface area contributed by atoms with Crippen LogP contribution in [0.4, 0.5) is 0 Å². The van der Waals surface area contributed by atoms with E-state index in [2.05, 4.69) is 41.4 Å². The van der Waals surface area contributed by atoms with Crippen LogP contribution in [0, 0.1) is 30.1 Å². The van der Waals surface area contributed by atoms with Gasteiger partial charge >= 0.3 is 0 Å². The Bertz CT molecular complexity index is 2550. The van der Waals surface area contributed by atoms with Gasteiger partial charge in [-0.1, -0.05) is 64.1 Å². The molecule has 0 saturated heterocycles. The normalized spacial score (nSPS) is 16.6. The van der Waals surface area contributed by atoms with Crippen molar-refractivity contribution in [1.29, 1.82) is 5.26 Å². The minimum atomic E-state index is -1.30. The highest BCUT2D eigenvalue weighted by Crippen LogP contribution is 2.41. The fourth-order valence-electron chi connectivity index (χ4n) is 8.26. The number of nitrogens with one attached hydrogen (secondary N) is 2. The molecule has 4 bridgehead atoms. The predicted molar refractivity (Wildman–Crippen MR) is 261 cm³/mol. The van der Waals surface area contributed by atoms with E-state index in [1.807, 2.05) is 30.3 Å². The van der Waals surface area contributed by atoms with E-state index in [4.69, 9.17) is 26.7 Å². The molecule has 0 saturated carbocycles. The third-order valence-electron chi connectivity index (χ3n) is 12.1. The van der Waals surface area contributed by atoms with Crippen molar-refractivity contribution in [2.24, 2.45) is 29.0 Å². The van der Waals surface area contributed by atoms with Gasteiger partial charge < -0.3 is 42.2 Å². The zero-order valence-electron chi connectivity index (χ0n) is 40.4. The van der Waals surface area contributed by atoms with Crippen LogP contribution >= 0.6 is 0 Å². The minimum Gasteiger partial charge on any atom is -0.492 e. The van der Waals surface area contributed by atoms with Crippen molar-refractivity contribution < 1.29 is 38.2 Å². The Labute approximate surface area is 403 Å². The Morgan fingerprint density at radius 1 is 0.957 bits per heavy atom. The molecule has 366 valence electrons. The Morgan fingerprint density at radius 3 is 2.22 bits per heavy atom. The molecule has 8 N–H and O–H groups in total. The van der Waals surface area contributed by atoms with Gasteiger partial charge in [-0.3, -0.25) is 28.8 Å². The first-order valence-electron chi connectivity index (χ1n) is 23.3. The second-order valence-corrected chi connectivity index (χ2v) is 18.4. The summed E-state index contributed by atoms with van der Waals surface area (Å²) in [6, 6.07) is 18.0. The smallest absolute Gasteiger partial charge is 0.231 e. The Balaban J connectivity index is 1.59. The number of carbonyl (C=O) groups excluding carboxylic acids is 6. The number of rotatable bonds is 20. The largest absolute Gasteiger partial charge is 0.492 e. The molecule has 0 spiro atoms. The van der Waals surface area contributed by atoms with Crippen LogP contribution in [-0.4, -0.2) is 102 Å². The fourth-order valence-corrected chi connectivity index (χ4v) is 8.26. The molecule has 2 heterocycles. The molecule has 5 rings (SSSR count). The van der Waals surface area contributed by atoms with Gasteiger partial charge in [-0.25, -0.2) is 9.97 Å². The number of nitriles is 1. The molecule has 4 aromatic rings. The number of nitrogens with zero attached hydrogens (tertiary/aromatic N) is 4. The quantitative estimate of drug-likeness (QED) is 0.0605. The van der Waals surface area contributed by atoms with Crippen LogP contribution in [0.15, 0.2) is 66.9 Å². The predicted octanol–water partition coefficient (Wildman–Crippen LogP) is 4.45. The number of carbonyl (C=O) groups is 6. The number of likely N-dealkylation sites (N-methyl/N-ethyl adjacent to an activating group) is 1. The lowest BCUT2D eigenvalue weighted by Gasteiger charge is -2.32. The van der Waals surface area contributed by atoms with Gasteiger partial charge in [0.2, 0.25) is 17.7 Å². The highest BCUT2D eigenvalue weighted by atomic mass is 16.5. The number of primary amides is 1. The zero-order valence-corrected chi connectivity index (χ0v) is 40.4. The molecule has 69 heavy (non-hydrogen) atoms. The molecule has 17 heteroatoms. The molecule has 0 fully saturated rings.